The van der Waals surface area contributed by atoms with E-state index >= 15 is 0 Å². The average molecular weight is 360 g/mol. The molecule has 0 aliphatic heterocycles. The van der Waals surface area contributed by atoms with E-state index in [2.05, 4.69) is 10.6 Å². The number of hydrogen-bond donors (Lipinski definition) is 3. The summed E-state index contributed by atoms with van der Waals surface area (Å²) in [5.74, 6) is -2.58. The number of aliphatic carboxylic acids is 1. The van der Waals surface area contributed by atoms with Crippen LogP contribution in [-0.4, -0.2) is 35.5 Å². The maximum atomic E-state index is 12.5. The smallest absolute Gasteiger partial charge is 0.416 e. The van der Waals surface area contributed by atoms with Gasteiger partial charge in [0, 0.05) is 5.56 Å². The van der Waals surface area contributed by atoms with Crippen LogP contribution in [0.3, 0.4) is 0 Å². The minimum atomic E-state index is -4.50. The molecule has 0 fully saturated rings. The first-order valence-corrected chi connectivity index (χ1v) is 7.48. The lowest BCUT2D eigenvalue weighted by molar-refractivity contribution is -0.142. The Balaban J connectivity index is 2.58. The standard InChI is InChI=1S/C16H19F3N2O4/c1-9(2)7-12(15(24)25)21-13(22)8-20-14(23)10-3-5-11(6-4-10)16(17,18)19/h3-6,9,12H,7-8H2,1-2H3,(H,20,23)(H,21,22)(H,24,25)/t12-/m1/s1. The Labute approximate surface area is 142 Å². The monoisotopic (exact) mass is 360 g/mol. The Morgan fingerprint density at radius 1 is 1.12 bits per heavy atom. The van der Waals surface area contributed by atoms with Crippen LogP contribution in [0, 0.1) is 5.92 Å². The average Bonchev–Trinajstić information content (AvgIpc) is 2.50. The highest BCUT2D eigenvalue weighted by molar-refractivity contribution is 5.96. The molecule has 0 saturated carbocycles. The predicted octanol–water partition coefficient (Wildman–Crippen LogP) is 2.05. The third kappa shape index (κ3) is 6.82. The first-order valence-electron chi connectivity index (χ1n) is 7.48. The number of alkyl halides is 3. The minimum Gasteiger partial charge on any atom is -0.480 e. The first-order chi connectivity index (χ1) is 11.5. The van der Waals surface area contributed by atoms with Gasteiger partial charge in [-0.05, 0) is 36.6 Å². The Bertz CT molecular complexity index is 627. The van der Waals surface area contributed by atoms with Crippen molar-refractivity contribution in [1.29, 1.82) is 0 Å². The summed E-state index contributed by atoms with van der Waals surface area (Å²) < 4.78 is 37.4. The van der Waals surface area contributed by atoms with E-state index in [-0.39, 0.29) is 17.9 Å². The molecule has 0 spiro atoms. The summed E-state index contributed by atoms with van der Waals surface area (Å²) in [6.07, 6.45) is -4.27. The number of carboxylic acid groups (broad SMARTS) is 1. The van der Waals surface area contributed by atoms with Crippen molar-refractivity contribution in [2.75, 3.05) is 6.54 Å². The molecule has 0 heterocycles. The highest BCUT2D eigenvalue weighted by Gasteiger charge is 2.30. The molecule has 0 saturated heterocycles. The van der Waals surface area contributed by atoms with Gasteiger partial charge in [-0.2, -0.15) is 13.2 Å². The fourth-order valence-electron chi connectivity index (χ4n) is 2.01. The second-order valence-corrected chi connectivity index (χ2v) is 5.85. The van der Waals surface area contributed by atoms with E-state index in [1.807, 2.05) is 0 Å². The van der Waals surface area contributed by atoms with Gasteiger partial charge in [-0.1, -0.05) is 13.8 Å². The second-order valence-electron chi connectivity index (χ2n) is 5.85. The summed E-state index contributed by atoms with van der Waals surface area (Å²) in [5, 5.41) is 13.5. The third-order valence-corrected chi connectivity index (χ3v) is 3.22. The summed E-state index contributed by atoms with van der Waals surface area (Å²) in [5.41, 5.74) is -0.933. The van der Waals surface area contributed by atoms with Gasteiger partial charge >= 0.3 is 12.1 Å². The molecule has 0 aliphatic carbocycles. The van der Waals surface area contributed by atoms with E-state index in [0.29, 0.717) is 0 Å². The number of rotatable bonds is 7. The van der Waals surface area contributed by atoms with E-state index in [4.69, 9.17) is 5.11 Å². The predicted molar refractivity (Wildman–Crippen MR) is 82.8 cm³/mol. The van der Waals surface area contributed by atoms with Gasteiger partial charge in [-0.15, -0.1) is 0 Å². The Morgan fingerprint density at radius 2 is 1.68 bits per heavy atom. The number of carboxylic acids is 1. The molecule has 1 aromatic rings. The van der Waals surface area contributed by atoms with Gasteiger partial charge in [0.1, 0.15) is 6.04 Å². The van der Waals surface area contributed by atoms with Gasteiger partial charge in [0.15, 0.2) is 0 Å². The largest absolute Gasteiger partial charge is 0.480 e. The lowest BCUT2D eigenvalue weighted by atomic mass is 10.0. The van der Waals surface area contributed by atoms with Crippen molar-refractivity contribution in [1.82, 2.24) is 10.6 Å². The highest BCUT2D eigenvalue weighted by Crippen LogP contribution is 2.29. The SMILES string of the molecule is CC(C)C[C@@H](NC(=O)CNC(=O)c1ccc(C(F)(F)F)cc1)C(=O)O. The van der Waals surface area contributed by atoms with Gasteiger partial charge < -0.3 is 15.7 Å². The molecular formula is C16H19F3N2O4. The molecule has 0 aromatic heterocycles. The molecule has 138 valence electrons. The van der Waals surface area contributed by atoms with Crippen LogP contribution in [0.1, 0.15) is 36.2 Å². The zero-order chi connectivity index (χ0) is 19.2. The summed E-state index contributed by atoms with van der Waals surface area (Å²) in [6.45, 7) is 3.12. The quantitative estimate of drug-likeness (QED) is 0.693. The maximum absolute atomic E-state index is 12.5. The van der Waals surface area contributed by atoms with E-state index in [1.54, 1.807) is 13.8 Å². The normalized spacial score (nSPS) is 12.6. The Hall–Kier alpha value is -2.58. The molecule has 2 amide bonds. The van der Waals surface area contributed by atoms with Crippen molar-refractivity contribution < 1.29 is 32.7 Å². The van der Waals surface area contributed by atoms with Crippen LogP contribution in [0.4, 0.5) is 13.2 Å². The molecule has 9 heteroatoms. The highest BCUT2D eigenvalue weighted by atomic mass is 19.4. The van der Waals surface area contributed by atoms with Gasteiger partial charge in [0.2, 0.25) is 5.91 Å². The van der Waals surface area contributed by atoms with Crippen LogP contribution >= 0.6 is 0 Å². The number of halogens is 3. The summed E-state index contributed by atoms with van der Waals surface area (Å²) >= 11 is 0. The lowest BCUT2D eigenvalue weighted by Gasteiger charge is -2.16. The molecule has 6 nitrogen and oxygen atoms in total. The van der Waals surface area contributed by atoms with Gasteiger partial charge in [-0.25, -0.2) is 4.79 Å². The third-order valence-electron chi connectivity index (χ3n) is 3.22. The van der Waals surface area contributed by atoms with Gasteiger partial charge in [-0.3, -0.25) is 9.59 Å². The number of carbonyl (C=O) groups is 3. The van der Waals surface area contributed by atoms with Crippen molar-refractivity contribution >= 4 is 17.8 Å². The van der Waals surface area contributed by atoms with E-state index in [0.717, 1.165) is 24.3 Å². The van der Waals surface area contributed by atoms with Crippen LogP contribution in [-0.2, 0) is 15.8 Å². The van der Waals surface area contributed by atoms with Crippen LogP contribution in [0.5, 0.6) is 0 Å². The molecule has 1 aromatic carbocycles. The second kappa shape index (κ2) is 8.50. The molecule has 0 bridgehead atoms. The first kappa shape index (κ1) is 20.5. The van der Waals surface area contributed by atoms with Crippen molar-refractivity contribution in [2.45, 2.75) is 32.5 Å². The zero-order valence-corrected chi connectivity index (χ0v) is 13.7. The van der Waals surface area contributed by atoms with Crippen molar-refractivity contribution in [3.63, 3.8) is 0 Å². The lowest BCUT2D eigenvalue weighted by Crippen LogP contribution is -2.46. The van der Waals surface area contributed by atoms with Gasteiger partial charge in [0.05, 0.1) is 12.1 Å². The molecule has 0 aliphatic rings. The summed E-state index contributed by atoms with van der Waals surface area (Å²) in [7, 11) is 0. The summed E-state index contributed by atoms with van der Waals surface area (Å²) in [6, 6.07) is 2.44. The molecule has 1 rings (SSSR count). The van der Waals surface area contributed by atoms with Crippen LogP contribution < -0.4 is 10.6 Å². The molecule has 3 N–H and O–H groups in total. The molecular weight excluding hydrogens is 341 g/mol. The number of benzene rings is 1. The topological polar surface area (TPSA) is 95.5 Å². The molecule has 25 heavy (non-hydrogen) atoms. The molecule has 0 radical (unpaired) electrons. The summed E-state index contributed by atoms with van der Waals surface area (Å²) in [4.78, 5) is 34.6. The van der Waals surface area contributed by atoms with Crippen LogP contribution in [0.25, 0.3) is 0 Å². The molecule has 0 unspecified atom stereocenters. The van der Waals surface area contributed by atoms with Crippen molar-refractivity contribution in [3.8, 4) is 0 Å². The number of carbonyl (C=O) groups excluding carboxylic acids is 2. The van der Waals surface area contributed by atoms with Gasteiger partial charge in [0.25, 0.3) is 5.91 Å². The fourth-order valence-corrected chi connectivity index (χ4v) is 2.01. The molecule has 1 atom stereocenters. The van der Waals surface area contributed by atoms with E-state index in [1.165, 1.54) is 0 Å². The Kier molecular flexibility index (Phi) is 6.96. The van der Waals surface area contributed by atoms with Crippen molar-refractivity contribution in [3.05, 3.63) is 35.4 Å². The van der Waals surface area contributed by atoms with Crippen LogP contribution in [0.15, 0.2) is 24.3 Å². The van der Waals surface area contributed by atoms with Crippen LogP contribution in [0.2, 0.25) is 0 Å². The number of amides is 2. The fraction of sp³-hybridized carbons (Fsp3) is 0.438. The minimum absolute atomic E-state index is 0.0437. The number of hydrogen-bond acceptors (Lipinski definition) is 3. The zero-order valence-electron chi connectivity index (χ0n) is 13.7. The Morgan fingerprint density at radius 3 is 2.12 bits per heavy atom. The van der Waals surface area contributed by atoms with E-state index in [9.17, 15) is 27.6 Å². The number of nitrogens with one attached hydrogen (secondary N) is 2. The van der Waals surface area contributed by atoms with Crippen molar-refractivity contribution in [2.24, 2.45) is 5.92 Å². The maximum Gasteiger partial charge on any atom is 0.416 e. The van der Waals surface area contributed by atoms with E-state index < -0.39 is 42.1 Å².